The fourth-order valence-electron chi connectivity index (χ4n) is 1.12. The van der Waals surface area contributed by atoms with Gasteiger partial charge in [-0.05, 0) is 38.0 Å². The van der Waals surface area contributed by atoms with Crippen LogP contribution < -0.4 is 5.73 Å². The average Bonchev–Trinajstić information content (AvgIpc) is 2.07. The Morgan fingerprint density at radius 2 is 1.79 bits per heavy atom. The van der Waals surface area contributed by atoms with Crippen LogP contribution in [0.2, 0.25) is 0 Å². The molecule has 78 valence electrons. The van der Waals surface area contributed by atoms with E-state index < -0.39 is 11.7 Å². The molecule has 2 N–H and O–H groups in total. The van der Waals surface area contributed by atoms with Crippen LogP contribution in [-0.4, -0.2) is 11.7 Å². The van der Waals surface area contributed by atoms with Gasteiger partial charge in [-0.25, -0.2) is 8.78 Å². The number of halogens is 2. The van der Waals surface area contributed by atoms with E-state index in [-0.39, 0.29) is 5.82 Å². The van der Waals surface area contributed by atoms with Crippen LogP contribution in [-0.2, 0) is 6.42 Å². The smallest absolute Gasteiger partial charge is 0.123 e. The maximum absolute atomic E-state index is 13.3. The minimum Gasteiger partial charge on any atom is -0.325 e. The molecule has 1 aromatic carbocycles. The quantitative estimate of drug-likeness (QED) is 0.795. The Bertz CT molecular complexity index is 287. The summed E-state index contributed by atoms with van der Waals surface area (Å²) in [7, 11) is 0. The van der Waals surface area contributed by atoms with Crippen LogP contribution in [0, 0.1) is 5.82 Å². The number of benzene rings is 1. The van der Waals surface area contributed by atoms with Gasteiger partial charge >= 0.3 is 0 Å². The minimum absolute atomic E-state index is 0.290. The number of alkyl halides is 1. The number of rotatable bonds is 3. The Labute approximate surface area is 82.9 Å². The van der Waals surface area contributed by atoms with Gasteiger partial charge in [-0.1, -0.05) is 12.1 Å². The van der Waals surface area contributed by atoms with Gasteiger partial charge in [0.1, 0.15) is 11.5 Å². The molecule has 1 aromatic rings. The first-order valence-electron chi connectivity index (χ1n) is 4.58. The molecule has 0 aromatic heterocycles. The molecule has 14 heavy (non-hydrogen) atoms. The molecule has 0 spiro atoms. The third kappa shape index (κ3) is 3.07. The van der Waals surface area contributed by atoms with Gasteiger partial charge in [-0.3, -0.25) is 0 Å². The maximum atomic E-state index is 13.3. The monoisotopic (exact) mass is 199 g/mol. The first kappa shape index (κ1) is 11.1. The molecule has 0 radical (unpaired) electrons. The van der Waals surface area contributed by atoms with Crippen LogP contribution in [0.15, 0.2) is 24.3 Å². The molecule has 3 heteroatoms. The summed E-state index contributed by atoms with van der Waals surface area (Å²) in [5.74, 6) is -0.290. The van der Waals surface area contributed by atoms with Gasteiger partial charge in [0.2, 0.25) is 0 Å². The van der Waals surface area contributed by atoms with Crippen LogP contribution in [0.25, 0.3) is 0 Å². The van der Waals surface area contributed by atoms with Gasteiger partial charge in [-0.15, -0.1) is 0 Å². The number of hydrogen-bond acceptors (Lipinski definition) is 1. The van der Waals surface area contributed by atoms with Gasteiger partial charge in [0, 0.05) is 6.04 Å². The molecule has 0 saturated heterocycles. The summed E-state index contributed by atoms with van der Waals surface area (Å²) >= 11 is 0. The largest absolute Gasteiger partial charge is 0.325 e. The summed E-state index contributed by atoms with van der Waals surface area (Å²) in [4.78, 5) is 0. The molecule has 0 aliphatic carbocycles. The maximum Gasteiger partial charge on any atom is 0.123 e. The summed E-state index contributed by atoms with van der Waals surface area (Å²) in [5.41, 5.74) is 5.10. The first-order chi connectivity index (χ1) is 6.39. The van der Waals surface area contributed by atoms with Crippen molar-refractivity contribution in [3.63, 3.8) is 0 Å². The van der Waals surface area contributed by atoms with E-state index in [1.165, 1.54) is 26.0 Å². The Balaban J connectivity index is 2.65. The second kappa shape index (κ2) is 4.05. The van der Waals surface area contributed by atoms with Crippen molar-refractivity contribution < 1.29 is 8.78 Å². The highest BCUT2D eigenvalue weighted by Gasteiger charge is 2.25. The van der Waals surface area contributed by atoms with Gasteiger partial charge in [-0.2, -0.15) is 0 Å². The summed E-state index contributed by atoms with van der Waals surface area (Å²) in [5, 5.41) is 0. The SMILES string of the molecule is CC(C)(F)C(N)Cc1ccc(F)cc1. The first-order valence-corrected chi connectivity index (χ1v) is 4.58. The molecule has 0 aliphatic rings. The second-order valence-corrected chi connectivity index (χ2v) is 4.00. The van der Waals surface area contributed by atoms with Crippen molar-refractivity contribution >= 4 is 0 Å². The standard InChI is InChI=1S/C11H15F2N/c1-11(2,13)10(14)7-8-3-5-9(12)6-4-8/h3-6,10H,7,14H2,1-2H3. The molecule has 0 amide bonds. The van der Waals surface area contributed by atoms with E-state index in [0.717, 1.165) is 5.56 Å². The highest BCUT2D eigenvalue weighted by atomic mass is 19.1. The zero-order chi connectivity index (χ0) is 10.8. The number of nitrogens with two attached hydrogens (primary N) is 1. The van der Waals surface area contributed by atoms with Gasteiger partial charge in [0.25, 0.3) is 0 Å². The highest BCUT2D eigenvalue weighted by molar-refractivity contribution is 5.17. The lowest BCUT2D eigenvalue weighted by molar-refractivity contribution is 0.172. The second-order valence-electron chi connectivity index (χ2n) is 4.00. The number of hydrogen-bond donors (Lipinski definition) is 1. The topological polar surface area (TPSA) is 26.0 Å². The molecule has 0 heterocycles. The van der Waals surface area contributed by atoms with E-state index >= 15 is 0 Å². The van der Waals surface area contributed by atoms with Crippen molar-refractivity contribution in [1.82, 2.24) is 0 Å². The molecule has 1 rings (SSSR count). The van der Waals surface area contributed by atoms with Crippen molar-refractivity contribution in [3.8, 4) is 0 Å². The fraction of sp³-hybridized carbons (Fsp3) is 0.455. The van der Waals surface area contributed by atoms with Crippen LogP contribution in [0.1, 0.15) is 19.4 Å². The zero-order valence-electron chi connectivity index (χ0n) is 8.43. The van der Waals surface area contributed by atoms with Gasteiger partial charge in [0.15, 0.2) is 0 Å². The predicted molar refractivity (Wildman–Crippen MR) is 53.3 cm³/mol. The Morgan fingerprint density at radius 1 is 1.29 bits per heavy atom. The molecule has 1 unspecified atom stereocenters. The summed E-state index contributed by atoms with van der Waals surface area (Å²) in [6, 6.07) is 5.40. The highest BCUT2D eigenvalue weighted by Crippen LogP contribution is 2.16. The molecule has 0 fully saturated rings. The van der Waals surface area contributed by atoms with Crippen LogP contribution >= 0.6 is 0 Å². The third-order valence-electron chi connectivity index (χ3n) is 2.25. The average molecular weight is 199 g/mol. The lowest BCUT2D eigenvalue weighted by Gasteiger charge is -2.22. The van der Waals surface area contributed by atoms with E-state index in [0.29, 0.717) is 6.42 Å². The molecular formula is C11H15F2N. The van der Waals surface area contributed by atoms with E-state index in [4.69, 9.17) is 5.73 Å². The van der Waals surface area contributed by atoms with E-state index in [2.05, 4.69) is 0 Å². The van der Waals surface area contributed by atoms with Crippen LogP contribution in [0.5, 0.6) is 0 Å². The summed E-state index contributed by atoms with van der Waals surface area (Å²) in [6.07, 6.45) is 0.420. The lowest BCUT2D eigenvalue weighted by atomic mass is 9.95. The van der Waals surface area contributed by atoms with Crippen molar-refractivity contribution in [2.75, 3.05) is 0 Å². The van der Waals surface area contributed by atoms with Crippen molar-refractivity contribution in [1.29, 1.82) is 0 Å². The van der Waals surface area contributed by atoms with Crippen molar-refractivity contribution in [2.45, 2.75) is 32.0 Å². The third-order valence-corrected chi connectivity index (χ3v) is 2.25. The van der Waals surface area contributed by atoms with Gasteiger partial charge < -0.3 is 5.73 Å². The Kier molecular flexibility index (Phi) is 3.21. The Hall–Kier alpha value is -0.960. The molecule has 0 aliphatic heterocycles. The minimum atomic E-state index is -1.41. The van der Waals surface area contributed by atoms with Crippen LogP contribution in [0.4, 0.5) is 8.78 Å². The molecule has 1 atom stereocenters. The lowest BCUT2D eigenvalue weighted by Crippen LogP contribution is -2.41. The van der Waals surface area contributed by atoms with Crippen LogP contribution in [0.3, 0.4) is 0 Å². The molecule has 0 saturated carbocycles. The van der Waals surface area contributed by atoms with E-state index in [1.807, 2.05) is 0 Å². The Morgan fingerprint density at radius 3 is 2.21 bits per heavy atom. The molecule has 0 bridgehead atoms. The zero-order valence-corrected chi connectivity index (χ0v) is 8.43. The van der Waals surface area contributed by atoms with Crippen molar-refractivity contribution in [3.05, 3.63) is 35.6 Å². The summed E-state index contributed by atoms with van der Waals surface area (Å²) in [6.45, 7) is 2.89. The van der Waals surface area contributed by atoms with Crippen molar-refractivity contribution in [2.24, 2.45) is 5.73 Å². The summed E-state index contributed by atoms with van der Waals surface area (Å²) < 4.78 is 25.9. The van der Waals surface area contributed by atoms with E-state index in [9.17, 15) is 8.78 Å². The predicted octanol–water partition coefficient (Wildman–Crippen LogP) is 2.44. The fourth-order valence-corrected chi connectivity index (χ4v) is 1.12. The molecular weight excluding hydrogens is 184 g/mol. The molecule has 1 nitrogen and oxygen atoms in total. The normalized spacial score (nSPS) is 14.1. The van der Waals surface area contributed by atoms with E-state index in [1.54, 1.807) is 12.1 Å². The van der Waals surface area contributed by atoms with Gasteiger partial charge in [0.05, 0.1) is 0 Å².